The van der Waals surface area contributed by atoms with Gasteiger partial charge >= 0.3 is 5.97 Å². The van der Waals surface area contributed by atoms with Crippen LogP contribution >= 0.6 is 0 Å². The van der Waals surface area contributed by atoms with Crippen molar-refractivity contribution in [2.24, 2.45) is 5.92 Å². The van der Waals surface area contributed by atoms with E-state index in [-0.39, 0.29) is 24.3 Å². The van der Waals surface area contributed by atoms with E-state index in [0.29, 0.717) is 38.2 Å². The number of nitrogens with zero attached hydrogens (tertiary/aromatic N) is 1. The largest absolute Gasteiger partial charge is 0.487 e. The minimum absolute atomic E-state index is 0.00636. The molecule has 3 aliphatic rings. The smallest absolute Gasteiger partial charge is 0.303 e. The quantitative estimate of drug-likeness (QED) is 0.652. The fraction of sp³-hybridized carbons (Fsp3) is 0.500. The van der Waals surface area contributed by atoms with Gasteiger partial charge in [0.05, 0.1) is 24.9 Å². The minimum Gasteiger partial charge on any atom is -0.487 e. The molecule has 0 unspecified atom stereocenters. The van der Waals surface area contributed by atoms with E-state index < -0.39 is 17.1 Å². The van der Waals surface area contributed by atoms with Crippen molar-refractivity contribution < 1.29 is 28.9 Å². The fourth-order valence-electron chi connectivity index (χ4n) is 6.24. The number of likely N-dealkylation sites (tertiary alicyclic amines) is 1. The summed E-state index contributed by atoms with van der Waals surface area (Å²) in [5.41, 5.74) is 1.48. The van der Waals surface area contributed by atoms with Crippen LogP contribution in [0.15, 0.2) is 48.5 Å². The number of ether oxygens (including phenoxy) is 3. The number of amides is 1. The van der Waals surface area contributed by atoms with Crippen molar-refractivity contribution in [3.8, 4) is 5.75 Å². The molecule has 4 atom stereocenters. The van der Waals surface area contributed by atoms with Gasteiger partial charge in [0.2, 0.25) is 0 Å². The highest BCUT2D eigenvalue weighted by Crippen LogP contribution is 2.55. The van der Waals surface area contributed by atoms with Gasteiger partial charge in [-0.05, 0) is 56.4 Å². The van der Waals surface area contributed by atoms with Crippen LogP contribution < -0.4 is 4.74 Å². The van der Waals surface area contributed by atoms with Crippen LogP contribution in [-0.4, -0.2) is 53.3 Å². The molecule has 35 heavy (non-hydrogen) atoms. The first kappa shape index (κ1) is 23.8. The van der Waals surface area contributed by atoms with Crippen LogP contribution in [0.1, 0.15) is 66.6 Å². The molecule has 0 aromatic heterocycles. The van der Waals surface area contributed by atoms with Crippen LogP contribution in [0, 0.1) is 5.92 Å². The maximum atomic E-state index is 13.7. The predicted octanol–water partition coefficient (Wildman–Crippen LogP) is 4.60. The second-order valence-electron chi connectivity index (χ2n) is 10.3. The lowest BCUT2D eigenvalue weighted by atomic mass is 9.68. The van der Waals surface area contributed by atoms with E-state index in [2.05, 4.69) is 0 Å². The topological polar surface area (TPSA) is 85.3 Å². The number of benzene rings is 2. The van der Waals surface area contributed by atoms with Crippen LogP contribution in [0.5, 0.6) is 5.75 Å². The maximum absolute atomic E-state index is 13.7. The van der Waals surface area contributed by atoms with Gasteiger partial charge in [-0.15, -0.1) is 0 Å². The molecular formula is C28H33NO6. The summed E-state index contributed by atoms with van der Waals surface area (Å²) in [5.74, 6) is -0.150. The number of carbonyl (C=O) groups is 2. The number of para-hydroxylation sites is 1. The second kappa shape index (κ2) is 9.28. The van der Waals surface area contributed by atoms with E-state index in [0.717, 1.165) is 29.7 Å². The zero-order valence-corrected chi connectivity index (χ0v) is 20.4. The summed E-state index contributed by atoms with van der Waals surface area (Å²) in [6.07, 6.45) is 2.69. The van der Waals surface area contributed by atoms with Gasteiger partial charge in [-0.1, -0.05) is 30.3 Å². The lowest BCUT2D eigenvalue weighted by Crippen LogP contribution is -2.60. The number of carbonyl (C=O) groups excluding carboxylic acids is 1. The lowest BCUT2D eigenvalue weighted by Gasteiger charge is -2.54. The van der Waals surface area contributed by atoms with Gasteiger partial charge in [0.15, 0.2) is 0 Å². The fourth-order valence-corrected chi connectivity index (χ4v) is 6.24. The van der Waals surface area contributed by atoms with Gasteiger partial charge in [-0.25, -0.2) is 0 Å². The highest BCUT2D eigenvalue weighted by molar-refractivity contribution is 5.95. The van der Waals surface area contributed by atoms with Gasteiger partial charge < -0.3 is 24.2 Å². The summed E-state index contributed by atoms with van der Waals surface area (Å²) < 4.78 is 18.3. The highest BCUT2D eigenvalue weighted by Gasteiger charge is 2.57. The van der Waals surface area contributed by atoms with Crippen molar-refractivity contribution in [2.75, 3.05) is 20.3 Å². The SMILES string of the molecule is COCc1cccc(C(=O)N2CCC[C@]23CO[C@H]2c4ccccc4O[C@@](C)(CCC(=O)O)[C@@H]2C3)c1. The predicted molar refractivity (Wildman–Crippen MR) is 129 cm³/mol. The standard InChI is InChI=1S/C28H33NO6/c1-27(13-11-24(30)31)22-16-28(18-34-25(22)21-9-3-4-10-23(21)35-27)12-6-14-29(28)26(32)20-8-5-7-19(15-20)17-33-2/h3-5,7-10,15,22,25H,6,11-14,16-18H2,1-2H3,(H,30,31)/t22-,25+,27+,28+/m1/s1. The van der Waals surface area contributed by atoms with Crippen LogP contribution in [0.2, 0.25) is 0 Å². The lowest BCUT2D eigenvalue weighted by molar-refractivity contribution is -0.169. The van der Waals surface area contributed by atoms with E-state index in [1.54, 1.807) is 7.11 Å². The Labute approximate surface area is 206 Å². The summed E-state index contributed by atoms with van der Waals surface area (Å²) in [4.78, 5) is 27.2. The van der Waals surface area contributed by atoms with E-state index >= 15 is 0 Å². The first-order chi connectivity index (χ1) is 16.8. The third kappa shape index (κ3) is 4.32. The first-order valence-corrected chi connectivity index (χ1v) is 12.4. The molecular weight excluding hydrogens is 446 g/mol. The number of carboxylic acid groups (broad SMARTS) is 1. The molecule has 1 amide bonds. The molecule has 1 spiro atoms. The molecule has 3 heterocycles. The Bertz CT molecular complexity index is 1120. The monoisotopic (exact) mass is 479 g/mol. The number of hydrogen-bond acceptors (Lipinski definition) is 5. The van der Waals surface area contributed by atoms with Gasteiger partial charge in [0.25, 0.3) is 5.91 Å². The van der Waals surface area contributed by atoms with E-state index in [1.165, 1.54) is 0 Å². The molecule has 1 N–H and O–H groups in total. The van der Waals surface area contributed by atoms with Gasteiger partial charge in [-0.3, -0.25) is 9.59 Å². The van der Waals surface area contributed by atoms with E-state index in [4.69, 9.17) is 14.2 Å². The highest BCUT2D eigenvalue weighted by atomic mass is 16.5. The molecule has 7 heteroatoms. The molecule has 5 rings (SSSR count). The van der Waals surface area contributed by atoms with E-state index in [9.17, 15) is 14.7 Å². The molecule has 3 aliphatic heterocycles. The summed E-state index contributed by atoms with van der Waals surface area (Å²) >= 11 is 0. The Morgan fingerprint density at radius 1 is 1.20 bits per heavy atom. The molecule has 0 radical (unpaired) electrons. The van der Waals surface area contributed by atoms with Crippen molar-refractivity contribution in [3.05, 3.63) is 65.2 Å². The summed E-state index contributed by atoms with van der Waals surface area (Å²) in [6.45, 7) is 3.59. The third-order valence-electron chi connectivity index (χ3n) is 8.01. The van der Waals surface area contributed by atoms with Gasteiger partial charge in [0.1, 0.15) is 11.4 Å². The molecule has 0 aliphatic carbocycles. The normalized spacial score (nSPS) is 29.4. The maximum Gasteiger partial charge on any atom is 0.303 e. The molecule has 0 bridgehead atoms. The Hall–Kier alpha value is -2.90. The van der Waals surface area contributed by atoms with Crippen molar-refractivity contribution in [3.63, 3.8) is 0 Å². The number of methoxy groups -OCH3 is 1. The van der Waals surface area contributed by atoms with Crippen LogP contribution in [0.3, 0.4) is 0 Å². The minimum atomic E-state index is -0.842. The average Bonchev–Trinajstić information content (AvgIpc) is 3.25. The number of rotatable bonds is 6. The van der Waals surface area contributed by atoms with Crippen LogP contribution in [0.25, 0.3) is 0 Å². The Morgan fingerprint density at radius 3 is 2.83 bits per heavy atom. The summed E-state index contributed by atoms with van der Waals surface area (Å²) in [5, 5.41) is 9.41. The number of carboxylic acids is 1. The number of fused-ring (bicyclic) bond motifs is 3. The zero-order valence-electron chi connectivity index (χ0n) is 20.4. The van der Waals surface area contributed by atoms with Crippen molar-refractivity contribution in [2.45, 2.75) is 62.9 Å². The third-order valence-corrected chi connectivity index (χ3v) is 8.01. The summed E-state index contributed by atoms with van der Waals surface area (Å²) in [7, 11) is 1.64. The van der Waals surface area contributed by atoms with Gasteiger partial charge in [0, 0.05) is 37.1 Å². The Balaban J connectivity index is 1.46. The Kier molecular flexibility index (Phi) is 6.32. The van der Waals surface area contributed by atoms with Crippen molar-refractivity contribution >= 4 is 11.9 Å². The summed E-state index contributed by atoms with van der Waals surface area (Å²) in [6, 6.07) is 15.5. The van der Waals surface area contributed by atoms with Crippen LogP contribution in [0.4, 0.5) is 0 Å². The van der Waals surface area contributed by atoms with Crippen molar-refractivity contribution in [1.29, 1.82) is 0 Å². The molecule has 7 nitrogen and oxygen atoms in total. The number of hydrogen-bond donors (Lipinski definition) is 1. The van der Waals surface area contributed by atoms with Gasteiger partial charge in [-0.2, -0.15) is 0 Å². The molecule has 2 fully saturated rings. The molecule has 186 valence electrons. The Morgan fingerprint density at radius 2 is 2.03 bits per heavy atom. The first-order valence-electron chi connectivity index (χ1n) is 12.4. The molecule has 0 saturated carbocycles. The number of aliphatic carboxylic acids is 1. The van der Waals surface area contributed by atoms with Crippen LogP contribution in [-0.2, 0) is 20.9 Å². The molecule has 2 aromatic carbocycles. The zero-order chi connectivity index (χ0) is 24.6. The molecule has 2 aromatic rings. The average molecular weight is 480 g/mol. The van der Waals surface area contributed by atoms with Crippen molar-refractivity contribution in [1.82, 2.24) is 4.90 Å². The van der Waals surface area contributed by atoms with E-state index in [1.807, 2.05) is 60.4 Å². The molecule has 2 saturated heterocycles. The second-order valence-corrected chi connectivity index (χ2v) is 10.3.